The maximum atomic E-state index is 13.3. The lowest BCUT2D eigenvalue weighted by atomic mass is 10.1. The van der Waals surface area contributed by atoms with Crippen molar-refractivity contribution in [1.82, 2.24) is 14.8 Å². The van der Waals surface area contributed by atoms with Gasteiger partial charge in [0.15, 0.2) is 5.65 Å². The highest BCUT2D eigenvalue weighted by Gasteiger charge is 2.21. The third-order valence-corrected chi connectivity index (χ3v) is 5.60. The molecule has 0 saturated carbocycles. The minimum Gasteiger partial charge on any atom is -0.457 e. The van der Waals surface area contributed by atoms with Gasteiger partial charge in [0, 0.05) is 29.6 Å². The van der Waals surface area contributed by atoms with Gasteiger partial charge in [-0.05, 0) is 31.5 Å². The Morgan fingerprint density at radius 2 is 1.85 bits per heavy atom. The Labute approximate surface area is 189 Å². The Kier molecular flexibility index (Phi) is 5.01. The highest BCUT2D eigenvalue weighted by molar-refractivity contribution is 6.05. The number of fused-ring (bicyclic) bond motifs is 2. The van der Waals surface area contributed by atoms with Crippen molar-refractivity contribution < 1.29 is 13.9 Å². The van der Waals surface area contributed by atoms with Crippen LogP contribution in [0.3, 0.4) is 0 Å². The summed E-state index contributed by atoms with van der Waals surface area (Å²) in [5.74, 6) is -0.510. The van der Waals surface area contributed by atoms with Crippen LogP contribution < -0.4 is 5.63 Å². The minimum atomic E-state index is -0.510. The smallest absolute Gasteiger partial charge is 0.339 e. The number of ether oxygens (including phenoxy) is 1. The van der Waals surface area contributed by atoms with E-state index in [2.05, 4.69) is 5.10 Å². The van der Waals surface area contributed by atoms with Gasteiger partial charge in [-0.3, -0.25) is 4.68 Å². The second-order valence-corrected chi connectivity index (χ2v) is 8.00. The lowest BCUT2D eigenvalue weighted by molar-refractivity contribution is 0.0476. The summed E-state index contributed by atoms with van der Waals surface area (Å²) in [5, 5.41) is 5.82. The molecule has 0 bridgehead atoms. The van der Waals surface area contributed by atoms with Gasteiger partial charge < -0.3 is 9.15 Å². The molecule has 0 spiro atoms. The first-order valence-corrected chi connectivity index (χ1v) is 10.5. The van der Waals surface area contributed by atoms with E-state index in [0.29, 0.717) is 39.1 Å². The second kappa shape index (κ2) is 8.02. The van der Waals surface area contributed by atoms with Crippen LogP contribution in [0.5, 0.6) is 0 Å². The number of benzene rings is 2. The first-order valence-electron chi connectivity index (χ1n) is 10.5. The highest BCUT2D eigenvalue weighted by atomic mass is 16.5. The molecule has 0 radical (unpaired) electrons. The van der Waals surface area contributed by atoms with Crippen molar-refractivity contribution in [2.75, 3.05) is 0 Å². The highest BCUT2D eigenvalue weighted by Crippen LogP contribution is 2.28. The normalized spacial score (nSPS) is 11.2. The van der Waals surface area contributed by atoms with E-state index in [1.165, 1.54) is 6.07 Å². The molecule has 5 rings (SSSR count). The molecule has 33 heavy (non-hydrogen) atoms. The number of carbonyl (C=O) groups is 1. The zero-order valence-electron chi connectivity index (χ0n) is 18.5. The van der Waals surface area contributed by atoms with E-state index in [1.807, 2.05) is 56.3 Å². The summed E-state index contributed by atoms with van der Waals surface area (Å²) in [7, 11) is 1.80. The lowest BCUT2D eigenvalue weighted by Crippen LogP contribution is -2.09. The first-order chi connectivity index (χ1) is 15.9. The van der Waals surface area contributed by atoms with E-state index < -0.39 is 11.6 Å². The van der Waals surface area contributed by atoms with Crippen LogP contribution in [0.15, 0.2) is 69.9 Å². The number of nitrogens with zero attached hydrogens (tertiary/aromatic N) is 3. The van der Waals surface area contributed by atoms with Crippen LogP contribution >= 0.6 is 0 Å². The molecule has 3 aromatic heterocycles. The Balaban J connectivity index is 1.55. The molecule has 0 unspecified atom stereocenters. The maximum Gasteiger partial charge on any atom is 0.339 e. The molecular formula is C26H21N3O4. The van der Waals surface area contributed by atoms with Gasteiger partial charge >= 0.3 is 11.6 Å². The average Bonchev–Trinajstić information content (AvgIpc) is 3.10. The standard InChI is InChI=1S/C26H21N3O4/c1-15-9-10-19-18(12-23(30)33-22(19)11-15)14-32-26(31)20-13-21(17-7-5-4-6-8-17)27-25-24(20)16(2)28-29(25)3/h4-13H,14H2,1-3H3. The second-order valence-electron chi connectivity index (χ2n) is 8.00. The zero-order chi connectivity index (χ0) is 23.1. The molecule has 7 heteroatoms. The summed E-state index contributed by atoms with van der Waals surface area (Å²) >= 11 is 0. The number of carbonyl (C=O) groups excluding carboxylic acids is 1. The largest absolute Gasteiger partial charge is 0.457 e. The van der Waals surface area contributed by atoms with Gasteiger partial charge in [-0.2, -0.15) is 5.10 Å². The molecule has 0 aliphatic heterocycles. The Bertz CT molecular complexity index is 1580. The molecule has 3 heterocycles. The van der Waals surface area contributed by atoms with Gasteiger partial charge in [0.05, 0.1) is 22.3 Å². The zero-order valence-corrected chi connectivity index (χ0v) is 18.5. The molecule has 0 aliphatic carbocycles. The van der Waals surface area contributed by atoms with Crippen molar-refractivity contribution in [3.05, 3.63) is 93.5 Å². The van der Waals surface area contributed by atoms with Crippen molar-refractivity contribution >= 4 is 28.0 Å². The van der Waals surface area contributed by atoms with E-state index in [4.69, 9.17) is 14.1 Å². The van der Waals surface area contributed by atoms with E-state index in [-0.39, 0.29) is 6.61 Å². The molecular weight excluding hydrogens is 418 g/mol. The predicted molar refractivity (Wildman–Crippen MR) is 125 cm³/mol. The van der Waals surface area contributed by atoms with Gasteiger partial charge in [0.25, 0.3) is 0 Å². The van der Waals surface area contributed by atoms with E-state index >= 15 is 0 Å². The summed E-state index contributed by atoms with van der Waals surface area (Å²) in [4.78, 5) is 30.0. The van der Waals surface area contributed by atoms with E-state index in [9.17, 15) is 9.59 Å². The molecule has 0 aliphatic rings. The van der Waals surface area contributed by atoms with Crippen LogP contribution in [0.4, 0.5) is 0 Å². The van der Waals surface area contributed by atoms with Crippen LogP contribution in [-0.2, 0) is 18.4 Å². The summed E-state index contributed by atoms with van der Waals surface area (Å²) in [6.07, 6.45) is 0. The molecule has 5 aromatic rings. The van der Waals surface area contributed by atoms with Crippen LogP contribution in [0, 0.1) is 13.8 Å². The van der Waals surface area contributed by atoms with Crippen molar-refractivity contribution in [3.8, 4) is 11.3 Å². The Hall–Kier alpha value is -4.26. The maximum absolute atomic E-state index is 13.3. The molecule has 164 valence electrons. The average molecular weight is 439 g/mol. The first kappa shape index (κ1) is 20.6. The Morgan fingerprint density at radius 3 is 2.64 bits per heavy atom. The molecule has 0 N–H and O–H groups in total. The summed E-state index contributed by atoms with van der Waals surface area (Å²) in [6.45, 7) is 3.69. The fourth-order valence-electron chi connectivity index (χ4n) is 4.04. The summed E-state index contributed by atoms with van der Waals surface area (Å²) in [5.41, 5.74) is 4.75. The SMILES string of the molecule is Cc1ccc2c(COC(=O)c3cc(-c4ccccc4)nc4c3c(C)nn4C)cc(=O)oc2c1. The van der Waals surface area contributed by atoms with Crippen molar-refractivity contribution in [1.29, 1.82) is 0 Å². The van der Waals surface area contributed by atoms with Crippen LogP contribution in [-0.4, -0.2) is 20.7 Å². The van der Waals surface area contributed by atoms with Crippen molar-refractivity contribution in [2.45, 2.75) is 20.5 Å². The van der Waals surface area contributed by atoms with Gasteiger partial charge in [0.2, 0.25) is 0 Å². The van der Waals surface area contributed by atoms with E-state index in [1.54, 1.807) is 23.9 Å². The van der Waals surface area contributed by atoms with Crippen LogP contribution in [0.2, 0.25) is 0 Å². The van der Waals surface area contributed by atoms with Gasteiger partial charge in [0.1, 0.15) is 12.2 Å². The molecule has 0 fully saturated rings. The molecule has 0 atom stereocenters. The quantitative estimate of drug-likeness (QED) is 0.298. The Morgan fingerprint density at radius 1 is 1.06 bits per heavy atom. The van der Waals surface area contributed by atoms with Crippen molar-refractivity contribution in [3.63, 3.8) is 0 Å². The van der Waals surface area contributed by atoms with Crippen molar-refractivity contribution in [2.24, 2.45) is 7.05 Å². The molecule has 2 aromatic carbocycles. The van der Waals surface area contributed by atoms with Gasteiger partial charge in [-0.25, -0.2) is 14.6 Å². The topological polar surface area (TPSA) is 87.2 Å². The minimum absolute atomic E-state index is 0.0617. The summed E-state index contributed by atoms with van der Waals surface area (Å²) < 4.78 is 12.6. The number of aromatic nitrogens is 3. The third kappa shape index (κ3) is 3.78. The summed E-state index contributed by atoms with van der Waals surface area (Å²) in [6, 6.07) is 18.3. The van der Waals surface area contributed by atoms with Gasteiger partial charge in [-0.15, -0.1) is 0 Å². The number of hydrogen-bond acceptors (Lipinski definition) is 6. The number of hydrogen-bond donors (Lipinski definition) is 0. The fourth-order valence-corrected chi connectivity index (χ4v) is 4.04. The monoisotopic (exact) mass is 439 g/mol. The predicted octanol–water partition coefficient (Wildman–Crippen LogP) is 4.72. The number of aryl methyl sites for hydroxylation is 3. The van der Waals surface area contributed by atoms with Crippen LogP contribution in [0.25, 0.3) is 33.3 Å². The lowest BCUT2D eigenvalue weighted by Gasteiger charge is -2.10. The van der Waals surface area contributed by atoms with E-state index in [0.717, 1.165) is 16.5 Å². The number of rotatable bonds is 4. The molecule has 0 amide bonds. The van der Waals surface area contributed by atoms with Gasteiger partial charge in [-0.1, -0.05) is 42.5 Å². The number of esters is 1. The molecule has 7 nitrogen and oxygen atoms in total. The molecule has 0 saturated heterocycles. The van der Waals surface area contributed by atoms with Crippen LogP contribution in [0.1, 0.15) is 27.2 Å². The fraction of sp³-hybridized carbons (Fsp3) is 0.154. The number of pyridine rings is 1. The third-order valence-electron chi connectivity index (χ3n) is 5.60.